The molecule has 190 valence electrons. The lowest BCUT2D eigenvalue weighted by atomic mass is 9.68. The van der Waals surface area contributed by atoms with Crippen LogP contribution < -0.4 is 15.8 Å². The third kappa shape index (κ3) is 6.35. The molecule has 6 heteroatoms. The molecule has 1 aromatic heterocycles. The van der Waals surface area contributed by atoms with Crippen molar-refractivity contribution < 1.29 is 14.3 Å². The molecule has 2 aliphatic carbocycles. The molecule has 1 fully saturated rings. The molecule has 35 heavy (non-hydrogen) atoms. The number of hydrogen-bond donors (Lipinski definition) is 3. The highest BCUT2D eigenvalue weighted by Gasteiger charge is 2.31. The number of fused-ring (bicyclic) bond motifs is 1. The second kappa shape index (κ2) is 11.0. The number of hydrogen-bond acceptors (Lipinski definition) is 4. The first-order chi connectivity index (χ1) is 16.7. The Morgan fingerprint density at radius 3 is 2.66 bits per heavy atom. The quantitative estimate of drug-likeness (QED) is 0.416. The van der Waals surface area contributed by atoms with Crippen molar-refractivity contribution in [1.29, 1.82) is 0 Å². The molecule has 0 radical (unpaired) electrons. The van der Waals surface area contributed by atoms with Crippen LogP contribution in [0.25, 0.3) is 0 Å². The van der Waals surface area contributed by atoms with Crippen LogP contribution in [0, 0.1) is 17.3 Å². The predicted molar refractivity (Wildman–Crippen MR) is 140 cm³/mol. The summed E-state index contributed by atoms with van der Waals surface area (Å²) in [5.74, 6) is 1.84. The number of amides is 1. The smallest absolute Gasteiger partial charge is 0.257 e. The van der Waals surface area contributed by atoms with Gasteiger partial charge in [-0.15, -0.1) is 0 Å². The molecule has 2 aliphatic rings. The third-order valence-electron chi connectivity index (χ3n) is 7.98. The molecule has 1 amide bonds. The molecule has 6 nitrogen and oxygen atoms in total. The number of benzene rings is 1. The van der Waals surface area contributed by atoms with Gasteiger partial charge in [-0.1, -0.05) is 26.8 Å². The lowest BCUT2D eigenvalue weighted by Gasteiger charge is -2.38. The summed E-state index contributed by atoms with van der Waals surface area (Å²) < 4.78 is 5.99. The summed E-state index contributed by atoms with van der Waals surface area (Å²) in [4.78, 5) is 28.6. The number of carbonyl (C=O) groups is 2. The van der Waals surface area contributed by atoms with Crippen LogP contribution in [-0.2, 0) is 6.42 Å². The van der Waals surface area contributed by atoms with E-state index in [2.05, 4.69) is 31.1 Å². The van der Waals surface area contributed by atoms with Gasteiger partial charge in [-0.2, -0.15) is 0 Å². The van der Waals surface area contributed by atoms with Gasteiger partial charge in [0, 0.05) is 36.1 Å². The average molecular weight is 480 g/mol. The fraction of sp³-hybridized carbons (Fsp3) is 0.586. The van der Waals surface area contributed by atoms with E-state index < -0.39 is 0 Å². The largest absolute Gasteiger partial charge is 0.493 e. The Morgan fingerprint density at radius 1 is 1.17 bits per heavy atom. The molecule has 1 aromatic carbocycles. The highest BCUT2D eigenvalue weighted by atomic mass is 16.5. The summed E-state index contributed by atoms with van der Waals surface area (Å²) in [6.45, 7) is 7.58. The SMILES string of the molecule is CC(C)(C)C1CCC(C(N)CCOc2cccc(NC(=O)c3c[nH]c4c3C(=O)CCCC4)c2)CC1. The number of anilines is 1. The van der Waals surface area contributed by atoms with Crippen molar-refractivity contribution in [1.82, 2.24) is 4.98 Å². The van der Waals surface area contributed by atoms with Gasteiger partial charge in [0.15, 0.2) is 5.78 Å². The molecular formula is C29H41N3O3. The van der Waals surface area contributed by atoms with E-state index in [1.807, 2.05) is 24.3 Å². The van der Waals surface area contributed by atoms with Crippen molar-refractivity contribution in [3.8, 4) is 5.75 Å². The number of ether oxygens (including phenoxy) is 1. The Balaban J connectivity index is 1.28. The number of carbonyl (C=O) groups excluding carboxylic acids is 2. The molecule has 1 heterocycles. The van der Waals surface area contributed by atoms with Crippen LogP contribution in [0.5, 0.6) is 5.75 Å². The van der Waals surface area contributed by atoms with E-state index in [9.17, 15) is 9.59 Å². The summed E-state index contributed by atoms with van der Waals surface area (Å²) in [5.41, 5.74) is 9.41. The van der Waals surface area contributed by atoms with Gasteiger partial charge in [0.1, 0.15) is 5.75 Å². The first-order valence-electron chi connectivity index (χ1n) is 13.3. The molecule has 1 saturated carbocycles. The van der Waals surface area contributed by atoms with Gasteiger partial charge < -0.3 is 20.8 Å². The second-order valence-electron chi connectivity index (χ2n) is 11.4. The monoisotopic (exact) mass is 479 g/mol. The Labute approximate surface area is 209 Å². The maximum atomic E-state index is 12.9. The summed E-state index contributed by atoms with van der Waals surface area (Å²) in [5, 5.41) is 2.93. The van der Waals surface area contributed by atoms with E-state index in [4.69, 9.17) is 10.5 Å². The molecule has 0 bridgehead atoms. The van der Waals surface area contributed by atoms with Crippen LogP contribution in [0.2, 0.25) is 0 Å². The van der Waals surface area contributed by atoms with Crippen LogP contribution in [0.4, 0.5) is 5.69 Å². The van der Waals surface area contributed by atoms with Gasteiger partial charge in [-0.05, 0) is 80.8 Å². The third-order valence-corrected chi connectivity index (χ3v) is 7.98. The number of aromatic amines is 1. The van der Waals surface area contributed by atoms with E-state index in [1.54, 1.807) is 6.20 Å². The number of aromatic nitrogens is 1. The van der Waals surface area contributed by atoms with E-state index in [0.29, 0.717) is 46.9 Å². The van der Waals surface area contributed by atoms with E-state index in [-0.39, 0.29) is 17.7 Å². The molecule has 0 spiro atoms. The zero-order valence-electron chi connectivity index (χ0n) is 21.5. The molecule has 0 aliphatic heterocycles. The molecular weight excluding hydrogens is 438 g/mol. The van der Waals surface area contributed by atoms with E-state index >= 15 is 0 Å². The standard InChI is InChI=1S/C29H41N3O3/c1-29(2,3)20-13-11-19(12-14-20)24(30)15-16-35-22-8-6-7-21(17-22)32-28(34)23-18-31-25-9-4-5-10-26(33)27(23)25/h6-8,17-20,24,31H,4-5,9-16,30H2,1-3H3,(H,32,34). The van der Waals surface area contributed by atoms with E-state index in [0.717, 1.165) is 37.3 Å². The van der Waals surface area contributed by atoms with Gasteiger partial charge >= 0.3 is 0 Å². The van der Waals surface area contributed by atoms with Gasteiger partial charge in [0.05, 0.1) is 17.7 Å². The van der Waals surface area contributed by atoms with Crippen molar-refractivity contribution >= 4 is 17.4 Å². The normalized spacial score (nSPS) is 21.7. The Hall–Kier alpha value is -2.60. The lowest BCUT2D eigenvalue weighted by molar-refractivity contribution is 0.0965. The molecule has 1 atom stereocenters. The maximum absolute atomic E-state index is 12.9. The van der Waals surface area contributed by atoms with Gasteiger partial charge in [0.25, 0.3) is 5.91 Å². The van der Waals surface area contributed by atoms with Crippen LogP contribution in [0.1, 0.15) is 98.5 Å². The number of rotatable bonds is 7. The summed E-state index contributed by atoms with van der Waals surface area (Å²) >= 11 is 0. The summed E-state index contributed by atoms with van der Waals surface area (Å²) in [6, 6.07) is 7.56. The Morgan fingerprint density at radius 2 is 1.91 bits per heavy atom. The van der Waals surface area contributed by atoms with Gasteiger partial charge in [-0.25, -0.2) is 0 Å². The average Bonchev–Trinajstić information content (AvgIpc) is 3.17. The Bertz CT molecular complexity index is 1030. The van der Waals surface area contributed by atoms with Crippen LogP contribution in [0.3, 0.4) is 0 Å². The zero-order valence-corrected chi connectivity index (χ0v) is 21.5. The Kier molecular flexibility index (Phi) is 8.00. The second-order valence-corrected chi connectivity index (χ2v) is 11.4. The number of nitrogens with one attached hydrogen (secondary N) is 2. The van der Waals surface area contributed by atoms with Crippen molar-refractivity contribution in [2.24, 2.45) is 23.0 Å². The predicted octanol–water partition coefficient (Wildman–Crippen LogP) is 6.12. The number of ketones is 1. The van der Waals surface area contributed by atoms with Gasteiger partial charge in [0.2, 0.25) is 0 Å². The van der Waals surface area contributed by atoms with Crippen LogP contribution in [-0.4, -0.2) is 29.3 Å². The highest BCUT2D eigenvalue weighted by Crippen LogP contribution is 2.40. The molecule has 2 aromatic rings. The minimum absolute atomic E-state index is 0.0456. The fourth-order valence-corrected chi connectivity index (χ4v) is 5.70. The lowest BCUT2D eigenvalue weighted by Crippen LogP contribution is -2.36. The number of H-pyrrole nitrogens is 1. The molecule has 0 saturated heterocycles. The van der Waals surface area contributed by atoms with Crippen LogP contribution in [0.15, 0.2) is 30.5 Å². The van der Waals surface area contributed by atoms with Crippen LogP contribution >= 0.6 is 0 Å². The van der Waals surface area contributed by atoms with Gasteiger partial charge in [-0.3, -0.25) is 9.59 Å². The minimum atomic E-state index is -0.275. The van der Waals surface area contributed by atoms with E-state index in [1.165, 1.54) is 25.7 Å². The van der Waals surface area contributed by atoms with Crippen molar-refractivity contribution in [3.05, 3.63) is 47.3 Å². The first-order valence-corrected chi connectivity index (χ1v) is 13.3. The van der Waals surface area contributed by atoms with Crippen molar-refractivity contribution in [3.63, 3.8) is 0 Å². The first kappa shape index (κ1) is 25.5. The topological polar surface area (TPSA) is 97.2 Å². The fourth-order valence-electron chi connectivity index (χ4n) is 5.70. The number of Topliss-reactive ketones (excluding diaryl/α,β-unsaturated/α-hetero) is 1. The number of aryl methyl sites for hydroxylation is 1. The summed E-state index contributed by atoms with van der Waals surface area (Å²) in [7, 11) is 0. The molecule has 4 rings (SSSR count). The highest BCUT2D eigenvalue weighted by molar-refractivity contribution is 6.13. The minimum Gasteiger partial charge on any atom is -0.493 e. The maximum Gasteiger partial charge on any atom is 0.257 e. The zero-order chi connectivity index (χ0) is 25.0. The molecule has 4 N–H and O–H groups in total. The summed E-state index contributed by atoms with van der Waals surface area (Å²) in [6.07, 6.45) is 10.5. The number of nitrogens with two attached hydrogens (primary N) is 1. The molecule has 1 unspecified atom stereocenters. The van der Waals surface area contributed by atoms with Crippen molar-refractivity contribution in [2.45, 2.75) is 84.6 Å². The van der Waals surface area contributed by atoms with Crippen molar-refractivity contribution in [2.75, 3.05) is 11.9 Å².